The number of ether oxygens (including phenoxy) is 2. The quantitative estimate of drug-likeness (QED) is 0.409. The number of fused-ring (bicyclic) bond motifs is 1. The van der Waals surface area contributed by atoms with Gasteiger partial charge in [-0.15, -0.1) is 0 Å². The van der Waals surface area contributed by atoms with Gasteiger partial charge in [-0.3, -0.25) is 9.36 Å². The zero-order valence-electron chi connectivity index (χ0n) is 18.2. The standard InChI is InChI=1S/C23H20F3N5O3/c1-28-18-11-13(3-8-16(18)27)20-22(32)31(14-4-6-15(33-2)7-5-14)21-17(29-20)9-10-19(30-21)34-12-23(24,25)26/h3-11,28H,12,27H2,1-2H3. The lowest BCUT2D eigenvalue weighted by Gasteiger charge is -2.15. The Morgan fingerprint density at radius 3 is 2.44 bits per heavy atom. The molecular formula is C23H20F3N5O3. The summed E-state index contributed by atoms with van der Waals surface area (Å²) >= 11 is 0. The molecule has 2 aromatic carbocycles. The first-order chi connectivity index (χ1) is 16.2. The fourth-order valence-corrected chi connectivity index (χ4v) is 3.36. The van der Waals surface area contributed by atoms with Crippen LogP contribution in [0.1, 0.15) is 0 Å². The minimum absolute atomic E-state index is 0.0443. The van der Waals surface area contributed by atoms with Crippen LogP contribution in [0.3, 0.4) is 0 Å². The molecule has 0 aliphatic heterocycles. The molecule has 11 heteroatoms. The molecule has 176 valence electrons. The van der Waals surface area contributed by atoms with E-state index in [-0.39, 0.29) is 22.7 Å². The number of nitrogens with two attached hydrogens (primary N) is 1. The molecule has 0 spiro atoms. The van der Waals surface area contributed by atoms with Crippen LogP contribution in [0.25, 0.3) is 28.1 Å². The van der Waals surface area contributed by atoms with Crippen LogP contribution >= 0.6 is 0 Å². The van der Waals surface area contributed by atoms with Gasteiger partial charge in [0.15, 0.2) is 12.3 Å². The van der Waals surface area contributed by atoms with Crippen molar-refractivity contribution in [3.05, 3.63) is 65.0 Å². The molecule has 0 fully saturated rings. The highest BCUT2D eigenvalue weighted by atomic mass is 19.4. The zero-order chi connectivity index (χ0) is 24.5. The van der Waals surface area contributed by atoms with Gasteiger partial charge < -0.3 is 20.5 Å². The Kier molecular flexibility index (Phi) is 6.01. The molecule has 4 aromatic rings. The maximum Gasteiger partial charge on any atom is 0.422 e. The molecule has 0 atom stereocenters. The number of nitrogens with zero attached hydrogens (tertiary/aromatic N) is 3. The highest BCUT2D eigenvalue weighted by Crippen LogP contribution is 2.27. The van der Waals surface area contributed by atoms with E-state index in [9.17, 15) is 18.0 Å². The fraction of sp³-hybridized carbons (Fsp3) is 0.174. The van der Waals surface area contributed by atoms with Gasteiger partial charge in [0, 0.05) is 18.7 Å². The zero-order valence-corrected chi connectivity index (χ0v) is 18.2. The van der Waals surface area contributed by atoms with E-state index in [1.165, 1.54) is 23.8 Å². The number of hydrogen-bond acceptors (Lipinski definition) is 7. The van der Waals surface area contributed by atoms with Crippen LogP contribution < -0.4 is 26.1 Å². The van der Waals surface area contributed by atoms with Crippen molar-refractivity contribution in [2.75, 3.05) is 31.8 Å². The van der Waals surface area contributed by atoms with Crippen LogP contribution in [0.4, 0.5) is 24.5 Å². The normalized spacial score (nSPS) is 11.4. The molecule has 0 aliphatic rings. The SMILES string of the molecule is CNc1cc(-c2nc3ccc(OCC(F)(F)F)nc3n(-c3ccc(OC)cc3)c2=O)ccc1N. The smallest absolute Gasteiger partial charge is 0.422 e. The van der Waals surface area contributed by atoms with Gasteiger partial charge in [-0.05, 0) is 42.5 Å². The molecule has 0 bridgehead atoms. The first-order valence-electron chi connectivity index (χ1n) is 10.1. The molecule has 4 rings (SSSR count). The number of halogens is 3. The summed E-state index contributed by atoms with van der Waals surface area (Å²) in [5.41, 5.74) is 7.91. The topological polar surface area (TPSA) is 104 Å². The van der Waals surface area contributed by atoms with Crippen molar-refractivity contribution in [2.24, 2.45) is 0 Å². The van der Waals surface area contributed by atoms with Gasteiger partial charge in [0.1, 0.15) is 17.0 Å². The maximum absolute atomic E-state index is 13.6. The van der Waals surface area contributed by atoms with Gasteiger partial charge in [-0.2, -0.15) is 18.2 Å². The predicted octanol–water partition coefficient (Wildman–Crippen LogP) is 4.02. The van der Waals surface area contributed by atoms with Crippen molar-refractivity contribution in [3.8, 4) is 28.6 Å². The van der Waals surface area contributed by atoms with Gasteiger partial charge in [-0.1, -0.05) is 6.07 Å². The number of nitrogen functional groups attached to an aromatic ring is 1. The molecule has 0 saturated heterocycles. The number of benzene rings is 2. The number of rotatable bonds is 6. The summed E-state index contributed by atoms with van der Waals surface area (Å²) in [5.74, 6) is 0.278. The van der Waals surface area contributed by atoms with E-state index in [4.69, 9.17) is 15.2 Å². The summed E-state index contributed by atoms with van der Waals surface area (Å²) in [6.07, 6.45) is -4.53. The second-order valence-corrected chi connectivity index (χ2v) is 7.25. The Morgan fingerprint density at radius 1 is 1.06 bits per heavy atom. The largest absolute Gasteiger partial charge is 0.497 e. The van der Waals surface area contributed by atoms with Gasteiger partial charge >= 0.3 is 6.18 Å². The summed E-state index contributed by atoms with van der Waals surface area (Å²) in [6, 6.07) is 14.3. The van der Waals surface area contributed by atoms with Crippen molar-refractivity contribution in [3.63, 3.8) is 0 Å². The summed E-state index contributed by atoms with van der Waals surface area (Å²) in [4.78, 5) is 22.2. The van der Waals surface area contributed by atoms with Crippen LogP contribution in [-0.4, -0.2) is 41.5 Å². The van der Waals surface area contributed by atoms with Crippen LogP contribution in [0.5, 0.6) is 11.6 Å². The molecular weight excluding hydrogens is 451 g/mol. The van der Waals surface area contributed by atoms with Crippen molar-refractivity contribution < 1.29 is 22.6 Å². The van der Waals surface area contributed by atoms with Crippen molar-refractivity contribution >= 4 is 22.5 Å². The van der Waals surface area contributed by atoms with E-state index < -0.39 is 18.3 Å². The second kappa shape index (κ2) is 8.93. The van der Waals surface area contributed by atoms with E-state index in [2.05, 4.69) is 15.3 Å². The molecule has 0 saturated carbocycles. The number of nitrogens with one attached hydrogen (secondary N) is 1. The van der Waals surface area contributed by atoms with Crippen LogP contribution in [0, 0.1) is 0 Å². The minimum atomic E-state index is -4.53. The predicted molar refractivity (Wildman–Crippen MR) is 123 cm³/mol. The molecule has 34 heavy (non-hydrogen) atoms. The molecule has 8 nitrogen and oxygen atoms in total. The van der Waals surface area contributed by atoms with Gasteiger partial charge in [0.25, 0.3) is 5.56 Å². The van der Waals surface area contributed by atoms with E-state index in [1.807, 2.05) is 0 Å². The highest BCUT2D eigenvalue weighted by molar-refractivity contribution is 5.79. The van der Waals surface area contributed by atoms with Gasteiger partial charge in [-0.25, -0.2) is 4.98 Å². The third-order valence-electron chi connectivity index (χ3n) is 4.99. The highest BCUT2D eigenvalue weighted by Gasteiger charge is 2.29. The van der Waals surface area contributed by atoms with Crippen LogP contribution in [-0.2, 0) is 0 Å². The molecule has 2 aromatic heterocycles. The van der Waals surface area contributed by atoms with Crippen molar-refractivity contribution in [2.45, 2.75) is 6.18 Å². The Morgan fingerprint density at radius 2 is 1.79 bits per heavy atom. The first kappa shape index (κ1) is 22.9. The van der Waals surface area contributed by atoms with E-state index in [1.54, 1.807) is 49.5 Å². The van der Waals surface area contributed by atoms with Crippen LogP contribution in [0.2, 0.25) is 0 Å². The van der Waals surface area contributed by atoms with E-state index >= 15 is 0 Å². The molecule has 0 radical (unpaired) electrons. The number of alkyl halides is 3. The summed E-state index contributed by atoms with van der Waals surface area (Å²) in [5, 5.41) is 2.96. The third-order valence-corrected chi connectivity index (χ3v) is 4.99. The van der Waals surface area contributed by atoms with Gasteiger partial charge in [0.05, 0.1) is 24.2 Å². The average molecular weight is 471 g/mol. The number of aromatic nitrogens is 3. The Balaban J connectivity index is 1.95. The van der Waals surface area contributed by atoms with E-state index in [0.717, 1.165) is 0 Å². The lowest BCUT2D eigenvalue weighted by molar-refractivity contribution is -0.154. The minimum Gasteiger partial charge on any atom is -0.497 e. The molecule has 0 aliphatic carbocycles. The number of pyridine rings is 1. The summed E-state index contributed by atoms with van der Waals surface area (Å²) in [6.45, 7) is -1.51. The number of hydrogen-bond donors (Lipinski definition) is 2. The van der Waals surface area contributed by atoms with Gasteiger partial charge in [0.2, 0.25) is 5.88 Å². The molecule has 2 heterocycles. The monoisotopic (exact) mass is 471 g/mol. The Labute approximate surface area is 191 Å². The fourth-order valence-electron chi connectivity index (χ4n) is 3.36. The first-order valence-corrected chi connectivity index (χ1v) is 10.1. The Bertz CT molecular complexity index is 1400. The molecule has 0 amide bonds. The average Bonchev–Trinajstić information content (AvgIpc) is 2.82. The number of anilines is 2. The van der Waals surface area contributed by atoms with Crippen molar-refractivity contribution in [1.29, 1.82) is 0 Å². The lowest BCUT2D eigenvalue weighted by atomic mass is 10.1. The maximum atomic E-state index is 13.6. The summed E-state index contributed by atoms with van der Waals surface area (Å²) < 4.78 is 49.1. The second-order valence-electron chi connectivity index (χ2n) is 7.25. The molecule has 3 N–H and O–H groups in total. The summed E-state index contributed by atoms with van der Waals surface area (Å²) in [7, 11) is 3.21. The van der Waals surface area contributed by atoms with E-state index in [0.29, 0.717) is 28.4 Å². The lowest BCUT2D eigenvalue weighted by Crippen LogP contribution is -2.24. The Hall–Kier alpha value is -4.28. The molecule has 0 unspecified atom stereocenters. The third kappa shape index (κ3) is 4.58. The van der Waals surface area contributed by atoms with Crippen LogP contribution in [0.15, 0.2) is 59.4 Å². The number of methoxy groups -OCH3 is 1. The van der Waals surface area contributed by atoms with Crippen molar-refractivity contribution in [1.82, 2.24) is 14.5 Å².